The molecule has 0 spiro atoms. The summed E-state index contributed by atoms with van der Waals surface area (Å²) in [6.45, 7) is 2.24. The minimum atomic E-state index is -0.437. The van der Waals surface area contributed by atoms with E-state index < -0.39 is 11.6 Å². The van der Waals surface area contributed by atoms with Crippen molar-refractivity contribution < 1.29 is 8.78 Å². The summed E-state index contributed by atoms with van der Waals surface area (Å²) < 4.78 is 26.8. The lowest BCUT2D eigenvalue weighted by atomic mass is 9.97. The lowest BCUT2D eigenvalue weighted by Gasteiger charge is -2.14. The summed E-state index contributed by atoms with van der Waals surface area (Å²) in [5.74, 6) is -1.12. The fourth-order valence-electron chi connectivity index (χ4n) is 1.82. The molecule has 0 bridgehead atoms. The molecule has 1 aromatic carbocycles. The number of hydrogen-bond donors (Lipinski definition) is 1. The van der Waals surface area contributed by atoms with Gasteiger partial charge in [0.15, 0.2) is 0 Å². The largest absolute Gasteiger partial charge is 0.329 e. The molecule has 0 aliphatic rings. The Morgan fingerprint density at radius 2 is 2.00 bits per heavy atom. The number of rotatable bonds is 3. The maximum Gasteiger partial charge on any atom is 0.127 e. The summed E-state index contributed by atoms with van der Waals surface area (Å²) in [5, 5.41) is 0. The fraction of sp³-hybridized carbons (Fsp3) is 0.231. The number of benzene rings is 1. The van der Waals surface area contributed by atoms with E-state index in [9.17, 15) is 8.78 Å². The maximum atomic E-state index is 13.7. The first kappa shape index (κ1) is 12.2. The summed E-state index contributed by atoms with van der Waals surface area (Å²) in [7, 11) is 0. The molecule has 1 unspecified atom stereocenters. The van der Waals surface area contributed by atoms with Crippen molar-refractivity contribution in [3.8, 4) is 0 Å². The molecule has 0 saturated heterocycles. The van der Waals surface area contributed by atoms with Crippen LogP contribution in [0.1, 0.15) is 21.2 Å². The second kappa shape index (κ2) is 4.94. The van der Waals surface area contributed by atoms with Crippen LogP contribution >= 0.6 is 11.3 Å². The summed E-state index contributed by atoms with van der Waals surface area (Å²) in [6.07, 6.45) is 0. The van der Waals surface area contributed by atoms with E-state index in [1.807, 2.05) is 19.1 Å². The first-order chi connectivity index (χ1) is 8.11. The average Bonchev–Trinajstić information content (AvgIpc) is 2.71. The number of thiophene rings is 1. The van der Waals surface area contributed by atoms with Gasteiger partial charge in [0.05, 0.1) is 0 Å². The van der Waals surface area contributed by atoms with Gasteiger partial charge in [0.25, 0.3) is 0 Å². The molecule has 1 heterocycles. The van der Waals surface area contributed by atoms with Crippen molar-refractivity contribution >= 4 is 11.3 Å². The lowest BCUT2D eigenvalue weighted by molar-refractivity contribution is 0.576. The van der Waals surface area contributed by atoms with E-state index in [-0.39, 0.29) is 12.5 Å². The van der Waals surface area contributed by atoms with Crippen LogP contribution < -0.4 is 5.73 Å². The van der Waals surface area contributed by atoms with E-state index in [0.29, 0.717) is 5.56 Å². The second-order valence-corrected chi connectivity index (χ2v) is 5.22. The van der Waals surface area contributed by atoms with Gasteiger partial charge < -0.3 is 5.73 Å². The molecular weight excluding hydrogens is 240 g/mol. The maximum absolute atomic E-state index is 13.7. The fourth-order valence-corrected chi connectivity index (χ4v) is 2.83. The topological polar surface area (TPSA) is 26.0 Å². The highest BCUT2D eigenvalue weighted by atomic mass is 32.1. The Kier molecular flexibility index (Phi) is 3.54. The molecule has 0 amide bonds. The van der Waals surface area contributed by atoms with Crippen LogP contribution in [-0.2, 0) is 0 Å². The third kappa shape index (κ3) is 2.53. The Morgan fingerprint density at radius 3 is 2.59 bits per heavy atom. The van der Waals surface area contributed by atoms with Crippen molar-refractivity contribution in [2.24, 2.45) is 5.73 Å². The molecule has 0 fully saturated rings. The van der Waals surface area contributed by atoms with Crippen LogP contribution in [0.3, 0.4) is 0 Å². The minimum Gasteiger partial charge on any atom is -0.329 e. The molecule has 0 saturated carbocycles. The van der Waals surface area contributed by atoms with Crippen LogP contribution in [0, 0.1) is 18.6 Å². The van der Waals surface area contributed by atoms with Gasteiger partial charge in [0, 0.05) is 27.8 Å². The highest BCUT2D eigenvalue weighted by molar-refractivity contribution is 7.12. The van der Waals surface area contributed by atoms with Crippen LogP contribution in [0.2, 0.25) is 0 Å². The average molecular weight is 253 g/mol. The van der Waals surface area contributed by atoms with Gasteiger partial charge in [0.1, 0.15) is 11.6 Å². The van der Waals surface area contributed by atoms with Crippen molar-refractivity contribution in [2.45, 2.75) is 12.8 Å². The van der Waals surface area contributed by atoms with Gasteiger partial charge in [-0.1, -0.05) is 0 Å². The Balaban J connectivity index is 2.45. The second-order valence-electron chi connectivity index (χ2n) is 3.90. The van der Waals surface area contributed by atoms with Gasteiger partial charge in [-0.2, -0.15) is 0 Å². The molecule has 17 heavy (non-hydrogen) atoms. The quantitative estimate of drug-likeness (QED) is 0.891. The molecule has 0 aliphatic heterocycles. The van der Waals surface area contributed by atoms with E-state index in [1.54, 1.807) is 11.3 Å². The van der Waals surface area contributed by atoms with Gasteiger partial charge >= 0.3 is 0 Å². The highest BCUT2D eigenvalue weighted by Gasteiger charge is 2.18. The Morgan fingerprint density at radius 1 is 1.24 bits per heavy atom. The zero-order valence-electron chi connectivity index (χ0n) is 9.41. The zero-order valence-corrected chi connectivity index (χ0v) is 10.2. The molecule has 2 N–H and O–H groups in total. The number of nitrogens with two attached hydrogens (primary N) is 1. The standard InChI is InChI=1S/C13H13F2NS/c1-8-2-5-13(17-8)11(7-16)10-6-9(14)3-4-12(10)15/h2-6,11H,7,16H2,1H3. The molecule has 2 aromatic rings. The Labute approximate surface area is 103 Å². The Hall–Kier alpha value is -1.26. The van der Waals surface area contributed by atoms with Crippen molar-refractivity contribution in [1.29, 1.82) is 0 Å². The smallest absolute Gasteiger partial charge is 0.127 e. The van der Waals surface area contributed by atoms with Gasteiger partial charge in [-0.3, -0.25) is 0 Å². The predicted molar refractivity (Wildman–Crippen MR) is 66.3 cm³/mol. The van der Waals surface area contributed by atoms with Crippen molar-refractivity contribution in [3.05, 3.63) is 57.3 Å². The predicted octanol–water partition coefficient (Wildman–Crippen LogP) is 3.43. The first-order valence-corrected chi connectivity index (χ1v) is 6.15. The highest BCUT2D eigenvalue weighted by Crippen LogP contribution is 2.31. The van der Waals surface area contributed by atoms with Crippen molar-refractivity contribution in [1.82, 2.24) is 0 Å². The van der Waals surface area contributed by atoms with Crippen molar-refractivity contribution in [3.63, 3.8) is 0 Å². The van der Waals surface area contributed by atoms with Gasteiger partial charge in [-0.05, 0) is 37.3 Å². The summed E-state index contributed by atoms with van der Waals surface area (Å²) in [5.41, 5.74) is 6.01. The zero-order chi connectivity index (χ0) is 12.4. The number of aryl methyl sites for hydroxylation is 1. The van der Waals surface area contributed by atoms with Crippen LogP contribution in [-0.4, -0.2) is 6.54 Å². The van der Waals surface area contributed by atoms with Crippen LogP contribution in [0.15, 0.2) is 30.3 Å². The number of hydrogen-bond acceptors (Lipinski definition) is 2. The van der Waals surface area contributed by atoms with Crippen LogP contribution in [0.25, 0.3) is 0 Å². The molecule has 1 atom stereocenters. The molecule has 90 valence electrons. The Bertz CT molecular complexity index is 522. The van der Waals surface area contributed by atoms with Gasteiger partial charge in [0.2, 0.25) is 0 Å². The van der Waals surface area contributed by atoms with Gasteiger partial charge in [-0.25, -0.2) is 8.78 Å². The normalized spacial score (nSPS) is 12.7. The number of halogens is 2. The molecule has 2 rings (SSSR count). The van der Waals surface area contributed by atoms with Gasteiger partial charge in [-0.15, -0.1) is 11.3 Å². The molecule has 0 radical (unpaired) electrons. The summed E-state index contributed by atoms with van der Waals surface area (Å²) in [4.78, 5) is 2.10. The summed E-state index contributed by atoms with van der Waals surface area (Å²) >= 11 is 1.56. The minimum absolute atomic E-state index is 0.264. The molecule has 1 aromatic heterocycles. The summed E-state index contributed by atoms with van der Waals surface area (Å²) in [6, 6.07) is 7.36. The molecule has 0 aliphatic carbocycles. The van der Waals surface area contributed by atoms with Crippen LogP contribution in [0.4, 0.5) is 8.78 Å². The third-order valence-corrected chi connectivity index (χ3v) is 3.79. The SMILES string of the molecule is Cc1ccc(C(CN)c2cc(F)ccc2F)s1. The third-order valence-electron chi connectivity index (χ3n) is 2.67. The lowest BCUT2D eigenvalue weighted by Crippen LogP contribution is -2.14. The molecule has 1 nitrogen and oxygen atoms in total. The first-order valence-electron chi connectivity index (χ1n) is 5.33. The van der Waals surface area contributed by atoms with Crippen molar-refractivity contribution in [2.75, 3.05) is 6.54 Å². The van der Waals surface area contributed by atoms with E-state index in [0.717, 1.165) is 21.9 Å². The monoisotopic (exact) mass is 253 g/mol. The molecular formula is C13H13F2NS. The van der Waals surface area contributed by atoms with E-state index in [4.69, 9.17) is 5.73 Å². The van der Waals surface area contributed by atoms with E-state index >= 15 is 0 Å². The molecule has 4 heteroatoms. The van der Waals surface area contributed by atoms with E-state index in [2.05, 4.69) is 0 Å². The van der Waals surface area contributed by atoms with Crippen LogP contribution in [0.5, 0.6) is 0 Å². The van der Waals surface area contributed by atoms with E-state index in [1.165, 1.54) is 6.07 Å².